The highest BCUT2D eigenvalue weighted by atomic mass is 32.1. The van der Waals surface area contributed by atoms with Gasteiger partial charge < -0.3 is 19.9 Å². The van der Waals surface area contributed by atoms with Gasteiger partial charge in [0.05, 0.1) is 12.2 Å². The van der Waals surface area contributed by atoms with Crippen molar-refractivity contribution in [1.29, 1.82) is 0 Å². The standard InChI is InChI=1S/C17H15N3O3S2/c1-2-22-16(21)12-10-13(11-6-4-3-5-7-11)25-15(12)19-17(24)18-14-8-9-23-20-14/h3-10H,2H2,1H3,(H2,18,19,20,24). The summed E-state index contributed by atoms with van der Waals surface area (Å²) in [6.07, 6.45) is 1.44. The van der Waals surface area contributed by atoms with Gasteiger partial charge in [0.2, 0.25) is 0 Å². The van der Waals surface area contributed by atoms with Crippen LogP contribution in [0.5, 0.6) is 0 Å². The van der Waals surface area contributed by atoms with E-state index in [0.29, 0.717) is 28.1 Å². The summed E-state index contributed by atoms with van der Waals surface area (Å²) in [6, 6.07) is 13.3. The number of carbonyl (C=O) groups is 1. The van der Waals surface area contributed by atoms with Crippen molar-refractivity contribution < 1.29 is 14.1 Å². The Morgan fingerprint density at radius 2 is 2.08 bits per heavy atom. The van der Waals surface area contributed by atoms with Gasteiger partial charge in [-0.3, -0.25) is 0 Å². The number of aromatic nitrogens is 1. The molecule has 128 valence electrons. The van der Waals surface area contributed by atoms with Gasteiger partial charge in [-0.25, -0.2) is 4.79 Å². The molecule has 0 fully saturated rings. The Morgan fingerprint density at radius 1 is 1.28 bits per heavy atom. The minimum Gasteiger partial charge on any atom is -0.462 e. The van der Waals surface area contributed by atoms with Crippen LogP contribution in [0.2, 0.25) is 0 Å². The molecule has 2 aromatic heterocycles. The minimum absolute atomic E-state index is 0.302. The van der Waals surface area contributed by atoms with E-state index in [9.17, 15) is 4.79 Å². The molecule has 0 saturated carbocycles. The Bertz CT molecular complexity index is 861. The van der Waals surface area contributed by atoms with Crippen LogP contribution in [-0.2, 0) is 4.74 Å². The molecule has 0 spiro atoms. The van der Waals surface area contributed by atoms with Crippen molar-refractivity contribution in [2.45, 2.75) is 6.92 Å². The van der Waals surface area contributed by atoms with Crippen LogP contribution in [0.3, 0.4) is 0 Å². The second kappa shape index (κ2) is 7.91. The third-order valence-electron chi connectivity index (χ3n) is 3.19. The molecule has 8 heteroatoms. The molecule has 0 bridgehead atoms. The number of carbonyl (C=O) groups excluding carboxylic acids is 1. The summed E-state index contributed by atoms with van der Waals surface area (Å²) in [7, 11) is 0. The van der Waals surface area contributed by atoms with E-state index in [1.807, 2.05) is 30.3 Å². The number of hydrogen-bond donors (Lipinski definition) is 2. The maximum Gasteiger partial charge on any atom is 0.341 e. The smallest absolute Gasteiger partial charge is 0.341 e. The van der Waals surface area contributed by atoms with Crippen LogP contribution in [0.15, 0.2) is 53.3 Å². The second-order valence-electron chi connectivity index (χ2n) is 4.90. The third kappa shape index (κ3) is 4.23. The average Bonchev–Trinajstić information content (AvgIpc) is 3.26. The lowest BCUT2D eigenvalue weighted by Gasteiger charge is -2.08. The molecule has 2 heterocycles. The molecule has 2 N–H and O–H groups in total. The Hall–Kier alpha value is -2.71. The zero-order valence-corrected chi connectivity index (χ0v) is 14.9. The first-order valence-electron chi connectivity index (χ1n) is 7.52. The molecule has 0 saturated heterocycles. The summed E-state index contributed by atoms with van der Waals surface area (Å²) in [5.41, 5.74) is 1.46. The number of hydrogen-bond acceptors (Lipinski definition) is 6. The highest BCUT2D eigenvalue weighted by Gasteiger charge is 2.19. The van der Waals surface area contributed by atoms with Gasteiger partial charge in [0.15, 0.2) is 10.9 Å². The highest BCUT2D eigenvalue weighted by molar-refractivity contribution is 7.80. The molecule has 0 unspecified atom stereocenters. The number of nitrogens with one attached hydrogen (secondary N) is 2. The fraction of sp³-hybridized carbons (Fsp3) is 0.118. The van der Waals surface area contributed by atoms with E-state index in [0.717, 1.165) is 10.4 Å². The Labute approximate surface area is 153 Å². The lowest BCUT2D eigenvalue weighted by atomic mass is 10.1. The van der Waals surface area contributed by atoms with E-state index in [2.05, 4.69) is 15.8 Å². The van der Waals surface area contributed by atoms with Gasteiger partial charge in [-0.05, 0) is 30.8 Å². The van der Waals surface area contributed by atoms with Crippen LogP contribution >= 0.6 is 23.6 Å². The van der Waals surface area contributed by atoms with Gasteiger partial charge in [0.25, 0.3) is 0 Å². The predicted octanol–water partition coefficient (Wildman–Crippen LogP) is 4.39. The number of thiocarbonyl (C=S) groups is 1. The molecule has 1 aromatic carbocycles. The second-order valence-corrected chi connectivity index (χ2v) is 6.36. The maximum absolute atomic E-state index is 12.3. The monoisotopic (exact) mass is 373 g/mol. The van der Waals surface area contributed by atoms with E-state index >= 15 is 0 Å². The summed E-state index contributed by atoms with van der Waals surface area (Å²) in [5, 5.41) is 10.6. The number of rotatable bonds is 5. The number of ether oxygens (including phenoxy) is 1. The van der Waals surface area contributed by atoms with Crippen LogP contribution in [-0.4, -0.2) is 22.8 Å². The Balaban J connectivity index is 1.86. The van der Waals surface area contributed by atoms with Crippen molar-refractivity contribution in [3.8, 4) is 10.4 Å². The normalized spacial score (nSPS) is 10.3. The first-order chi connectivity index (χ1) is 12.2. The van der Waals surface area contributed by atoms with Crippen molar-refractivity contribution >= 4 is 45.5 Å². The molecule has 0 aliphatic carbocycles. The predicted molar refractivity (Wildman–Crippen MR) is 102 cm³/mol. The number of benzene rings is 1. The van der Waals surface area contributed by atoms with Gasteiger partial charge in [0, 0.05) is 10.9 Å². The molecule has 0 aliphatic heterocycles. The zero-order chi connectivity index (χ0) is 17.6. The van der Waals surface area contributed by atoms with Crippen molar-refractivity contribution in [2.24, 2.45) is 0 Å². The largest absolute Gasteiger partial charge is 0.462 e. The quantitative estimate of drug-likeness (QED) is 0.507. The van der Waals surface area contributed by atoms with Gasteiger partial charge in [-0.1, -0.05) is 35.5 Å². The number of esters is 1. The molecule has 0 atom stereocenters. The van der Waals surface area contributed by atoms with Gasteiger partial charge in [0.1, 0.15) is 11.3 Å². The SMILES string of the molecule is CCOC(=O)c1cc(-c2ccccc2)sc1NC(=S)Nc1ccon1. The summed E-state index contributed by atoms with van der Waals surface area (Å²) < 4.78 is 9.89. The molecule has 6 nitrogen and oxygen atoms in total. The van der Waals surface area contributed by atoms with E-state index in [1.165, 1.54) is 17.6 Å². The number of nitrogens with zero attached hydrogens (tertiary/aromatic N) is 1. The topological polar surface area (TPSA) is 76.4 Å². The van der Waals surface area contributed by atoms with Crippen LogP contribution in [0.25, 0.3) is 10.4 Å². The molecular weight excluding hydrogens is 358 g/mol. The fourth-order valence-electron chi connectivity index (χ4n) is 2.12. The van der Waals surface area contributed by atoms with Crippen LogP contribution in [0.1, 0.15) is 17.3 Å². The molecule has 0 amide bonds. The summed E-state index contributed by atoms with van der Waals surface area (Å²) >= 11 is 6.70. The zero-order valence-electron chi connectivity index (χ0n) is 13.3. The van der Waals surface area contributed by atoms with E-state index in [-0.39, 0.29) is 0 Å². The maximum atomic E-state index is 12.3. The van der Waals surface area contributed by atoms with E-state index < -0.39 is 5.97 Å². The van der Waals surface area contributed by atoms with Crippen molar-refractivity contribution in [2.75, 3.05) is 17.2 Å². The highest BCUT2D eigenvalue weighted by Crippen LogP contribution is 2.36. The minimum atomic E-state index is -0.396. The number of anilines is 2. The first kappa shape index (κ1) is 17.1. The molecule has 25 heavy (non-hydrogen) atoms. The summed E-state index contributed by atoms with van der Waals surface area (Å²) in [4.78, 5) is 13.2. The van der Waals surface area contributed by atoms with Crippen molar-refractivity contribution in [3.05, 3.63) is 54.3 Å². The lowest BCUT2D eigenvalue weighted by Crippen LogP contribution is -2.20. The van der Waals surface area contributed by atoms with E-state index in [1.54, 1.807) is 19.1 Å². The third-order valence-corrected chi connectivity index (χ3v) is 4.50. The average molecular weight is 373 g/mol. The molecular formula is C17H15N3O3S2. The van der Waals surface area contributed by atoms with Gasteiger partial charge in [-0.2, -0.15) is 0 Å². The molecule has 3 aromatic rings. The lowest BCUT2D eigenvalue weighted by molar-refractivity contribution is 0.0528. The van der Waals surface area contributed by atoms with Crippen LogP contribution in [0, 0.1) is 0 Å². The van der Waals surface area contributed by atoms with Gasteiger partial charge >= 0.3 is 5.97 Å². The first-order valence-corrected chi connectivity index (χ1v) is 8.74. The summed E-state index contributed by atoms with van der Waals surface area (Å²) in [5.74, 6) is 0.0858. The molecule has 3 rings (SSSR count). The van der Waals surface area contributed by atoms with E-state index in [4.69, 9.17) is 21.5 Å². The summed E-state index contributed by atoms with van der Waals surface area (Å²) in [6.45, 7) is 2.07. The van der Waals surface area contributed by atoms with Gasteiger partial charge in [-0.15, -0.1) is 11.3 Å². The van der Waals surface area contributed by atoms with Crippen molar-refractivity contribution in [1.82, 2.24) is 5.16 Å². The van der Waals surface area contributed by atoms with Crippen molar-refractivity contribution in [3.63, 3.8) is 0 Å². The molecule has 0 radical (unpaired) electrons. The Morgan fingerprint density at radius 3 is 2.76 bits per heavy atom. The van der Waals surface area contributed by atoms with Crippen LogP contribution < -0.4 is 10.6 Å². The Kier molecular flexibility index (Phi) is 5.42. The number of thiophene rings is 1. The fourth-order valence-corrected chi connectivity index (χ4v) is 3.44. The molecule has 0 aliphatic rings. The van der Waals surface area contributed by atoms with Crippen LogP contribution in [0.4, 0.5) is 10.8 Å².